The van der Waals surface area contributed by atoms with E-state index in [0.29, 0.717) is 28.0 Å². The molecule has 0 saturated carbocycles. The summed E-state index contributed by atoms with van der Waals surface area (Å²) in [4.78, 5) is 20.3. The lowest BCUT2D eigenvalue weighted by Gasteiger charge is -2.16. The van der Waals surface area contributed by atoms with Crippen molar-refractivity contribution in [3.63, 3.8) is 0 Å². The zero-order chi connectivity index (χ0) is 19.1. The van der Waals surface area contributed by atoms with Gasteiger partial charge < -0.3 is 0 Å². The topological polar surface area (TPSA) is 121 Å². The molecule has 0 aliphatic rings. The van der Waals surface area contributed by atoms with Gasteiger partial charge in [0.15, 0.2) is 5.69 Å². The number of azo groups is 1. The maximum Gasteiger partial charge on any atom is 0.301 e. The number of nitrogens with one attached hydrogen (secondary N) is 2. The molecule has 134 valence electrons. The van der Waals surface area contributed by atoms with Crippen molar-refractivity contribution in [1.82, 2.24) is 29.3 Å². The van der Waals surface area contributed by atoms with Gasteiger partial charge in [0.1, 0.15) is 5.82 Å². The number of aromatic nitrogens is 6. The van der Waals surface area contributed by atoms with Gasteiger partial charge in [-0.15, -0.1) is 10.2 Å². The molecule has 0 amide bonds. The molecule has 2 N–H and O–H groups in total. The van der Waals surface area contributed by atoms with Crippen LogP contribution < -0.4 is 5.56 Å². The van der Waals surface area contributed by atoms with Gasteiger partial charge in [-0.1, -0.05) is 20.8 Å². The van der Waals surface area contributed by atoms with Crippen LogP contribution in [0.25, 0.3) is 9.98 Å². The van der Waals surface area contributed by atoms with Crippen LogP contribution >= 0.6 is 11.5 Å². The average Bonchev–Trinajstić information content (AvgIpc) is 3.23. The van der Waals surface area contributed by atoms with Gasteiger partial charge in [0.2, 0.25) is 10.9 Å². The minimum absolute atomic E-state index is 0.133. The molecule has 0 aromatic carbocycles. The highest BCUT2D eigenvalue weighted by Crippen LogP contribution is 2.37. The molecule has 0 bridgehead atoms. The van der Waals surface area contributed by atoms with Crippen LogP contribution in [0, 0.1) is 20.4 Å². The van der Waals surface area contributed by atoms with Crippen molar-refractivity contribution >= 4 is 28.7 Å². The molecule has 0 aliphatic heterocycles. The maximum atomic E-state index is 12.6. The summed E-state index contributed by atoms with van der Waals surface area (Å²) in [5, 5.41) is 18.3. The Morgan fingerprint density at radius 3 is 2.58 bits per heavy atom. The summed E-state index contributed by atoms with van der Waals surface area (Å²) in [6.07, 6.45) is 0. The van der Waals surface area contributed by atoms with Gasteiger partial charge in [0, 0.05) is 17.2 Å². The minimum atomic E-state index is -0.390. The van der Waals surface area contributed by atoms with Crippen LogP contribution in [0.1, 0.15) is 38.0 Å². The molecular weight excluding hydrogens is 354 g/mol. The third-order valence-electron chi connectivity index (χ3n) is 3.58. The van der Waals surface area contributed by atoms with Crippen LogP contribution in [0.15, 0.2) is 15.0 Å². The number of hydrogen-bond acceptors (Lipinski definition) is 7. The summed E-state index contributed by atoms with van der Waals surface area (Å²) in [7, 11) is 0. The Labute approximate surface area is 153 Å². The van der Waals surface area contributed by atoms with Crippen molar-refractivity contribution in [2.45, 2.75) is 40.0 Å². The van der Waals surface area contributed by atoms with Crippen molar-refractivity contribution in [2.24, 2.45) is 10.2 Å². The van der Waals surface area contributed by atoms with Crippen LogP contribution in [-0.4, -0.2) is 29.3 Å². The summed E-state index contributed by atoms with van der Waals surface area (Å²) in [5.74, 6) is 0.739. The Kier molecular flexibility index (Phi) is 4.29. The first-order valence-corrected chi connectivity index (χ1v) is 8.50. The van der Waals surface area contributed by atoms with Crippen LogP contribution in [-0.2, 0) is 5.41 Å². The van der Waals surface area contributed by atoms with Crippen LogP contribution in [0.5, 0.6) is 0 Å². The van der Waals surface area contributed by atoms with Crippen molar-refractivity contribution in [3.8, 4) is 5.13 Å². The third-order valence-corrected chi connectivity index (χ3v) is 4.37. The zero-order valence-corrected chi connectivity index (χ0v) is 15.8. The number of hydrogen-bond donors (Lipinski definition) is 2. The highest BCUT2D eigenvalue weighted by Gasteiger charge is 2.24. The fraction of sp³-hybridized carbons (Fsp3) is 0.400. The second kappa shape index (κ2) is 6.30. The van der Waals surface area contributed by atoms with E-state index in [4.69, 9.17) is 6.57 Å². The zero-order valence-electron chi connectivity index (χ0n) is 14.9. The van der Waals surface area contributed by atoms with Crippen LogP contribution in [0.2, 0.25) is 0 Å². The number of nitrogens with zero attached hydrogens (tertiary/aromatic N) is 7. The van der Waals surface area contributed by atoms with E-state index in [0.717, 1.165) is 11.5 Å². The van der Waals surface area contributed by atoms with E-state index >= 15 is 0 Å². The molecule has 3 aromatic heterocycles. The van der Waals surface area contributed by atoms with E-state index in [1.807, 2.05) is 20.8 Å². The Morgan fingerprint density at radius 2 is 2.00 bits per heavy atom. The van der Waals surface area contributed by atoms with Crippen molar-refractivity contribution < 1.29 is 0 Å². The Balaban J connectivity index is 2.01. The van der Waals surface area contributed by atoms with E-state index in [2.05, 4.69) is 39.7 Å². The fourth-order valence-electron chi connectivity index (χ4n) is 2.29. The second-order valence-corrected chi connectivity index (χ2v) is 7.41. The molecule has 26 heavy (non-hydrogen) atoms. The van der Waals surface area contributed by atoms with E-state index in [1.165, 1.54) is 4.68 Å². The molecule has 3 heterocycles. The van der Waals surface area contributed by atoms with Gasteiger partial charge in [-0.05, 0) is 19.3 Å². The first-order valence-electron chi connectivity index (χ1n) is 7.72. The molecule has 0 fully saturated rings. The monoisotopic (exact) mass is 371 g/mol. The predicted octanol–water partition coefficient (Wildman–Crippen LogP) is 3.62. The Morgan fingerprint density at radius 1 is 1.27 bits per heavy atom. The average molecular weight is 371 g/mol. The molecule has 0 aliphatic carbocycles. The van der Waals surface area contributed by atoms with E-state index in [1.54, 1.807) is 13.8 Å². The number of aryl methyl sites for hydroxylation is 2. The van der Waals surface area contributed by atoms with E-state index < -0.39 is 5.56 Å². The van der Waals surface area contributed by atoms with Gasteiger partial charge in [0.25, 0.3) is 5.69 Å². The van der Waals surface area contributed by atoms with Crippen molar-refractivity contribution in [3.05, 3.63) is 39.0 Å². The quantitative estimate of drug-likeness (QED) is 0.539. The molecule has 0 radical (unpaired) electrons. The van der Waals surface area contributed by atoms with Crippen LogP contribution in [0.3, 0.4) is 0 Å². The smallest absolute Gasteiger partial charge is 0.291 e. The minimum Gasteiger partial charge on any atom is -0.291 e. The first kappa shape index (κ1) is 17.7. The third kappa shape index (κ3) is 3.06. The molecular formula is C15H17N9OS. The number of aromatic amines is 2. The summed E-state index contributed by atoms with van der Waals surface area (Å²) in [5.41, 5.74) is 0.964. The maximum absolute atomic E-state index is 12.6. The SMILES string of the molecule is [C-]#[N+]c1c(N=Nc2c(C)[nH]n(-c3nc(C)ns3)c2=O)n[nH]c1C(C)(C)C. The first-order chi connectivity index (χ1) is 12.2. The van der Waals surface area contributed by atoms with Crippen LogP contribution in [0.4, 0.5) is 17.2 Å². The fourth-order valence-corrected chi connectivity index (χ4v) is 2.93. The summed E-state index contributed by atoms with van der Waals surface area (Å²) < 4.78 is 5.34. The van der Waals surface area contributed by atoms with E-state index in [-0.39, 0.29) is 16.9 Å². The normalized spacial score (nSPS) is 12.0. The second-order valence-electron chi connectivity index (χ2n) is 6.68. The lowest BCUT2D eigenvalue weighted by atomic mass is 9.91. The highest BCUT2D eigenvalue weighted by atomic mass is 32.1. The van der Waals surface area contributed by atoms with Gasteiger partial charge in [-0.2, -0.15) is 14.2 Å². The molecule has 11 heteroatoms. The summed E-state index contributed by atoms with van der Waals surface area (Å²) in [6.45, 7) is 16.7. The standard InChI is InChI=1S/C15H17N9OS/c1-7-9(13(25)24(22-7)14-17-8(2)23-26-14)18-20-12-10(16-6)11(19-21-12)15(3,4)5/h22H,1-5H3,(H,19,21). The molecule has 0 spiro atoms. The molecule has 0 atom stereocenters. The van der Waals surface area contributed by atoms with Gasteiger partial charge in [0.05, 0.1) is 12.3 Å². The van der Waals surface area contributed by atoms with Gasteiger partial charge >= 0.3 is 5.56 Å². The van der Waals surface area contributed by atoms with Gasteiger partial charge in [-0.3, -0.25) is 15.0 Å². The largest absolute Gasteiger partial charge is 0.301 e. The highest BCUT2D eigenvalue weighted by molar-refractivity contribution is 7.08. The number of H-pyrrole nitrogens is 2. The summed E-state index contributed by atoms with van der Waals surface area (Å²) in [6, 6.07) is 0. The predicted molar refractivity (Wildman–Crippen MR) is 97.1 cm³/mol. The molecule has 0 saturated heterocycles. The van der Waals surface area contributed by atoms with Crippen molar-refractivity contribution in [2.75, 3.05) is 0 Å². The van der Waals surface area contributed by atoms with Gasteiger partial charge in [-0.25, -0.2) is 9.83 Å². The molecule has 3 aromatic rings. The lowest BCUT2D eigenvalue weighted by molar-refractivity contribution is 0.569. The molecule has 10 nitrogen and oxygen atoms in total. The van der Waals surface area contributed by atoms with E-state index in [9.17, 15) is 4.79 Å². The molecule has 3 rings (SSSR count). The molecule has 0 unspecified atom stereocenters. The lowest BCUT2D eigenvalue weighted by Crippen LogP contribution is -2.13. The van der Waals surface area contributed by atoms with Crippen molar-refractivity contribution in [1.29, 1.82) is 0 Å². The summed E-state index contributed by atoms with van der Waals surface area (Å²) >= 11 is 1.11. The Hall–Kier alpha value is -3.13. The number of rotatable bonds is 3. The Bertz CT molecular complexity index is 1080.